The fraction of sp³-hybridized carbons (Fsp3) is 0.500. The van der Waals surface area contributed by atoms with Gasteiger partial charge in [0.25, 0.3) is 0 Å². The van der Waals surface area contributed by atoms with Gasteiger partial charge in [-0.25, -0.2) is 0 Å². The number of halogens is 2. The van der Waals surface area contributed by atoms with Crippen LogP contribution in [0.1, 0.15) is 19.4 Å². The Morgan fingerprint density at radius 3 is 2.19 bits per heavy atom. The summed E-state index contributed by atoms with van der Waals surface area (Å²) in [4.78, 5) is 1.74. The maximum Gasteiger partial charge on any atom is 0.300 e. The van der Waals surface area contributed by atoms with Crippen LogP contribution in [0.25, 0.3) is 0 Å². The molecule has 0 aliphatic carbocycles. The minimum atomic E-state index is -3.26. The Bertz CT molecular complexity index is 370. The topological polar surface area (TPSA) is 23.5 Å². The summed E-state index contributed by atoms with van der Waals surface area (Å²) in [6, 6.07) is 6.01. The van der Waals surface area contributed by atoms with Crippen LogP contribution in [0.4, 0.5) is 14.5 Å². The van der Waals surface area contributed by atoms with Crippen molar-refractivity contribution in [1.82, 2.24) is 0 Å². The molecule has 0 radical (unpaired) electrons. The third-order valence-electron chi connectivity index (χ3n) is 2.49. The van der Waals surface area contributed by atoms with E-state index in [-0.39, 0.29) is 5.56 Å². The highest BCUT2D eigenvalue weighted by atomic mass is 19.3. The highest BCUT2D eigenvalue weighted by Gasteiger charge is 2.46. The summed E-state index contributed by atoms with van der Waals surface area (Å²) < 4.78 is 27.7. The monoisotopic (exact) mass is 229 g/mol. The average molecular weight is 229 g/mol. The van der Waals surface area contributed by atoms with Gasteiger partial charge in [-0.15, -0.1) is 0 Å². The molecule has 0 spiro atoms. The normalized spacial score (nSPS) is 12.7. The van der Waals surface area contributed by atoms with Gasteiger partial charge < -0.3 is 10.0 Å². The van der Waals surface area contributed by atoms with Crippen LogP contribution in [0.3, 0.4) is 0 Å². The molecule has 0 atom stereocenters. The van der Waals surface area contributed by atoms with Gasteiger partial charge in [0, 0.05) is 25.3 Å². The Morgan fingerprint density at radius 1 is 1.19 bits per heavy atom. The first kappa shape index (κ1) is 12.9. The van der Waals surface area contributed by atoms with Gasteiger partial charge in [0.15, 0.2) is 0 Å². The molecule has 0 saturated carbocycles. The van der Waals surface area contributed by atoms with Gasteiger partial charge in [-0.05, 0) is 26.0 Å². The van der Waals surface area contributed by atoms with E-state index in [1.807, 2.05) is 0 Å². The van der Waals surface area contributed by atoms with E-state index in [0.717, 1.165) is 13.8 Å². The lowest BCUT2D eigenvalue weighted by molar-refractivity contribution is -0.168. The Balaban J connectivity index is 3.19. The molecule has 0 aliphatic rings. The third-order valence-corrected chi connectivity index (χ3v) is 2.49. The second-order valence-electron chi connectivity index (χ2n) is 4.58. The number of aliphatic hydroxyl groups is 1. The number of hydrogen-bond acceptors (Lipinski definition) is 2. The van der Waals surface area contributed by atoms with E-state index in [0.29, 0.717) is 5.69 Å². The molecule has 0 unspecified atom stereocenters. The van der Waals surface area contributed by atoms with Crippen molar-refractivity contribution in [3.8, 4) is 0 Å². The Labute approximate surface area is 94.5 Å². The summed E-state index contributed by atoms with van der Waals surface area (Å²) in [6.45, 7) is 2.21. The van der Waals surface area contributed by atoms with Crippen LogP contribution in [0.2, 0.25) is 0 Å². The fourth-order valence-corrected chi connectivity index (χ4v) is 1.33. The molecular formula is C12H17F2NO. The second-order valence-corrected chi connectivity index (χ2v) is 4.58. The van der Waals surface area contributed by atoms with Crippen LogP contribution in [-0.4, -0.2) is 24.8 Å². The molecule has 1 rings (SSSR count). The summed E-state index contributed by atoms with van der Waals surface area (Å²) in [6.07, 6.45) is 0. The first-order valence-electron chi connectivity index (χ1n) is 5.04. The van der Waals surface area contributed by atoms with E-state index < -0.39 is 11.5 Å². The van der Waals surface area contributed by atoms with E-state index in [1.54, 1.807) is 31.1 Å². The molecular weight excluding hydrogens is 212 g/mol. The molecule has 0 saturated heterocycles. The second kappa shape index (κ2) is 4.01. The molecule has 0 fully saturated rings. The molecule has 2 nitrogen and oxygen atoms in total. The van der Waals surface area contributed by atoms with Crippen LogP contribution in [0, 0.1) is 0 Å². The third kappa shape index (κ3) is 2.32. The quantitative estimate of drug-likeness (QED) is 0.861. The minimum absolute atomic E-state index is 0.175. The van der Waals surface area contributed by atoms with Gasteiger partial charge in [-0.2, -0.15) is 8.78 Å². The number of rotatable bonds is 3. The fourth-order valence-electron chi connectivity index (χ4n) is 1.33. The first-order chi connectivity index (χ1) is 7.16. The lowest BCUT2D eigenvalue weighted by Crippen LogP contribution is -2.40. The zero-order valence-electron chi connectivity index (χ0n) is 9.96. The van der Waals surface area contributed by atoms with Crippen LogP contribution >= 0.6 is 0 Å². The zero-order chi connectivity index (χ0) is 12.6. The molecule has 0 bridgehead atoms. The van der Waals surface area contributed by atoms with E-state index in [9.17, 15) is 13.9 Å². The van der Waals surface area contributed by atoms with Gasteiger partial charge in [0.05, 0.1) is 0 Å². The number of alkyl halides is 2. The summed E-state index contributed by atoms with van der Waals surface area (Å²) in [5, 5.41) is 9.46. The molecule has 90 valence electrons. The van der Waals surface area contributed by atoms with Crippen LogP contribution in [0.5, 0.6) is 0 Å². The van der Waals surface area contributed by atoms with Gasteiger partial charge in [0.2, 0.25) is 0 Å². The van der Waals surface area contributed by atoms with Crippen LogP contribution < -0.4 is 4.90 Å². The minimum Gasteiger partial charge on any atom is -0.384 e. The van der Waals surface area contributed by atoms with Crippen LogP contribution in [-0.2, 0) is 5.92 Å². The van der Waals surface area contributed by atoms with Crippen molar-refractivity contribution in [2.75, 3.05) is 19.0 Å². The Morgan fingerprint density at radius 2 is 1.75 bits per heavy atom. The summed E-state index contributed by atoms with van der Waals surface area (Å²) in [5.41, 5.74) is -1.56. The lowest BCUT2D eigenvalue weighted by atomic mass is 9.93. The predicted molar refractivity (Wildman–Crippen MR) is 61.0 cm³/mol. The molecule has 4 heteroatoms. The maximum absolute atomic E-state index is 13.8. The highest BCUT2D eigenvalue weighted by molar-refractivity contribution is 5.48. The van der Waals surface area contributed by atoms with E-state index >= 15 is 0 Å². The molecule has 1 aromatic rings. The van der Waals surface area contributed by atoms with Crippen molar-refractivity contribution in [2.24, 2.45) is 0 Å². The van der Waals surface area contributed by atoms with E-state index in [1.165, 1.54) is 12.1 Å². The molecule has 0 aliphatic heterocycles. The van der Waals surface area contributed by atoms with Gasteiger partial charge >= 0.3 is 5.92 Å². The van der Waals surface area contributed by atoms with Crippen molar-refractivity contribution in [2.45, 2.75) is 25.4 Å². The Hall–Kier alpha value is -1.16. The van der Waals surface area contributed by atoms with Crippen LogP contribution in [0.15, 0.2) is 24.3 Å². The lowest BCUT2D eigenvalue weighted by Gasteiger charge is -2.29. The van der Waals surface area contributed by atoms with Gasteiger partial charge in [-0.1, -0.05) is 12.1 Å². The molecule has 0 amide bonds. The highest BCUT2D eigenvalue weighted by Crippen LogP contribution is 2.39. The summed E-state index contributed by atoms with van der Waals surface area (Å²) in [5.74, 6) is -3.26. The van der Waals surface area contributed by atoms with Crippen molar-refractivity contribution in [3.05, 3.63) is 29.8 Å². The zero-order valence-corrected chi connectivity index (χ0v) is 9.96. The number of hydrogen-bond donors (Lipinski definition) is 1. The molecule has 0 aromatic heterocycles. The summed E-state index contributed by atoms with van der Waals surface area (Å²) in [7, 11) is 3.56. The smallest absolute Gasteiger partial charge is 0.300 e. The number of benzene rings is 1. The van der Waals surface area contributed by atoms with Gasteiger partial charge in [-0.3, -0.25) is 0 Å². The first-order valence-corrected chi connectivity index (χ1v) is 5.04. The SMILES string of the molecule is CN(C)c1cccc(C(F)(F)C(C)(C)O)c1. The van der Waals surface area contributed by atoms with Crippen molar-refractivity contribution >= 4 is 5.69 Å². The van der Waals surface area contributed by atoms with Gasteiger partial charge in [0.1, 0.15) is 5.60 Å². The average Bonchev–Trinajstić information content (AvgIpc) is 2.16. The van der Waals surface area contributed by atoms with Crippen molar-refractivity contribution in [3.63, 3.8) is 0 Å². The van der Waals surface area contributed by atoms with Crippen molar-refractivity contribution in [1.29, 1.82) is 0 Å². The largest absolute Gasteiger partial charge is 0.384 e. The number of nitrogens with zero attached hydrogens (tertiary/aromatic N) is 1. The molecule has 16 heavy (non-hydrogen) atoms. The predicted octanol–water partition coefficient (Wildman–Crippen LogP) is 2.62. The maximum atomic E-state index is 13.8. The molecule has 1 N–H and O–H groups in total. The molecule has 1 aromatic carbocycles. The van der Waals surface area contributed by atoms with Crippen molar-refractivity contribution < 1.29 is 13.9 Å². The Kier molecular flexibility index (Phi) is 3.24. The standard InChI is InChI=1S/C12H17F2NO/c1-11(2,16)12(13,14)9-6-5-7-10(8-9)15(3)4/h5-8,16H,1-4H3. The molecule has 0 heterocycles. The van der Waals surface area contributed by atoms with E-state index in [2.05, 4.69) is 0 Å². The number of anilines is 1. The summed E-state index contributed by atoms with van der Waals surface area (Å²) >= 11 is 0. The van der Waals surface area contributed by atoms with E-state index in [4.69, 9.17) is 0 Å².